The van der Waals surface area contributed by atoms with E-state index in [2.05, 4.69) is 20.1 Å². The Labute approximate surface area is 121 Å². The highest BCUT2D eigenvalue weighted by molar-refractivity contribution is 7.93. The van der Waals surface area contributed by atoms with Crippen LogP contribution in [0.4, 0.5) is 5.13 Å². The monoisotopic (exact) mass is 316 g/mol. The standard InChI is InChI=1S/C11H16N4O3S2/c1-6-8(7(2)18-14-6)20(16,17)15-10-13-12-9(19-10)11(3,4)5/h1-5H3,(H,13,15). The van der Waals surface area contributed by atoms with Gasteiger partial charge in [-0.25, -0.2) is 8.42 Å². The van der Waals surface area contributed by atoms with Crippen molar-refractivity contribution in [2.75, 3.05) is 4.72 Å². The fraction of sp³-hybridized carbons (Fsp3) is 0.545. The predicted octanol–water partition coefficient (Wildman–Crippen LogP) is 2.24. The van der Waals surface area contributed by atoms with Gasteiger partial charge in [-0.05, 0) is 13.8 Å². The van der Waals surface area contributed by atoms with Crippen LogP contribution in [0.2, 0.25) is 0 Å². The predicted molar refractivity (Wildman–Crippen MR) is 75.4 cm³/mol. The van der Waals surface area contributed by atoms with Crippen molar-refractivity contribution in [2.24, 2.45) is 0 Å². The number of anilines is 1. The van der Waals surface area contributed by atoms with Crippen LogP contribution in [-0.2, 0) is 15.4 Å². The molecule has 0 bridgehead atoms. The van der Waals surface area contributed by atoms with Crippen LogP contribution < -0.4 is 4.72 Å². The fourth-order valence-corrected chi connectivity index (χ4v) is 3.95. The number of hydrogen-bond acceptors (Lipinski definition) is 7. The van der Waals surface area contributed by atoms with Crippen LogP contribution >= 0.6 is 11.3 Å². The Kier molecular flexibility index (Phi) is 3.59. The van der Waals surface area contributed by atoms with Crippen molar-refractivity contribution in [1.82, 2.24) is 15.4 Å². The van der Waals surface area contributed by atoms with Crippen LogP contribution in [0.25, 0.3) is 0 Å². The van der Waals surface area contributed by atoms with Gasteiger partial charge in [0.05, 0.1) is 0 Å². The topological polar surface area (TPSA) is 98.0 Å². The van der Waals surface area contributed by atoms with E-state index in [4.69, 9.17) is 4.52 Å². The lowest BCUT2D eigenvalue weighted by atomic mass is 9.98. The average Bonchev–Trinajstić information content (AvgIpc) is 2.84. The van der Waals surface area contributed by atoms with E-state index in [1.807, 2.05) is 20.8 Å². The van der Waals surface area contributed by atoms with E-state index in [1.54, 1.807) is 13.8 Å². The second kappa shape index (κ2) is 4.81. The van der Waals surface area contributed by atoms with Gasteiger partial charge in [-0.3, -0.25) is 4.72 Å². The summed E-state index contributed by atoms with van der Waals surface area (Å²) in [4.78, 5) is 0.0463. The van der Waals surface area contributed by atoms with Crippen molar-refractivity contribution < 1.29 is 12.9 Å². The van der Waals surface area contributed by atoms with Crippen molar-refractivity contribution in [2.45, 2.75) is 44.9 Å². The molecule has 0 amide bonds. The van der Waals surface area contributed by atoms with Gasteiger partial charge in [-0.2, -0.15) is 0 Å². The molecule has 110 valence electrons. The van der Waals surface area contributed by atoms with Gasteiger partial charge >= 0.3 is 0 Å². The van der Waals surface area contributed by atoms with Gasteiger partial charge in [-0.15, -0.1) is 10.2 Å². The van der Waals surface area contributed by atoms with Gasteiger partial charge in [0, 0.05) is 5.41 Å². The first kappa shape index (κ1) is 14.9. The Bertz CT molecular complexity index is 706. The second-order valence-electron chi connectivity index (χ2n) is 5.42. The number of sulfonamides is 1. The lowest BCUT2D eigenvalue weighted by molar-refractivity contribution is 0.390. The van der Waals surface area contributed by atoms with E-state index in [1.165, 1.54) is 11.3 Å². The lowest BCUT2D eigenvalue weighted by Gasteiger charge is -2.12. The summed E-state index contributed by atoms with van der Waals surface area (Å²) in [6.45, 7) is 9.08. The zero-order chi connectivity index (χ0) is 15.1. The van der Waals surface area contributed by atoms with Gasteiger partial charge in [-0.1, -0.05) is 37.3 Å². The third-order valence-corrected chi connectivity index (χ3v) is 5.50. The molecule has 7 nitrogen and oxygen atoms in total. The van der Waals surface area contributed by atoms with Crippen LogP contribution in [0.15, 0.2) is 9.42 Å². The van der Waals surface area contributed by atoms with Gasteiger partial charge in [0.15, 0.2) is 10.7 Å². The van der Waals surface area contributed by atoms with Crippen molar-refractivity contribution >= 4 is 26.5 Å². The molecule has 0 aliphatic carbocycles. The minimum atomic E-state index is -3.76. The second-order valence-corrected chi connectivity index (χ2v) is 8.02. The third kappa shape index (κ3) is 2.83. The molecule has 0 fully saturated rings. The molecule has 0 spiro atoms. The zero-order valence-corrected chi connectivity index (χ0v) is 13.5. The Morgan fingerprint density at radius 2 is 1.85 bits per heavy atom. The van der Waals surface area contributed by atoms with Gasteiger partial charge in [0.25, 0.3) is 10.0 Å². The molecule has 2 heterocycles. The molecule has 0 radical (unpaired) electrons. The summed E-state index contributed by atoms with van der Waals surface area (Å²) in [5.41, 5.74) is 0.139. The minimum Gasteiger partial charge on any atom is -0.360 e. The van der Waals surface area contributed by atoms with Crippen molar-refractivity contribution in [3.05, 3.63) is 16.5 Å². The summed E-state index contributed by atoms with van der Waals surface area (Å²) < 4.78 is 31.9. The quantitative estimate of drug-likeness (QED) is 0.932. The molecule has 2 aromatic rings. The lowest BCUT2D eigenvalue weighted by Crippen LogP contribution is -2.14. The fourth-order valence-electron chi connectivity index (χ4n) is 1.59. The van der Waals surface area contributed by atoms with Crippen molar-refractivity contribution in [1.29, 1.82) is 0 Å². The molecule has 1 N–H and O–H groups in total. The van der Waals surface area contributed by atoms with E-state index in [9.17, 15) is 8.42 Å². The zero-order valence-electron chi connectivity index (χ0n) is 11.9. The molecule has 0 saturated heterocycles. The first-order chi connectivity index (χ1) is 9.11. The molecule has 0 saturated carbocycles. The largest absolute Gasteiger partial charge is 0.360 e. The number of aryl methyl sites for hydroxylation is 2. The summed E-state index contributed by atoms with van der Waals surface area (Å²) in [5, 5.41) is 12.5. The maximum atomic E-state index is 12.3. The molecule has 9 heteroatoms. The van der Waals surface area contributed by atoms with E-state index in [0.717, 1.165) is 5.01 Å². The molecule has 20 heavy (non-hydrogen) atoms. The molecule has 2 aromatic heterocycles. The molecular formula is C11H16N4O3S2. The van der Waals surface area contributed by atoms with E-state index in [0.29, 0.717) is 5.69 Å². The summed E-state index contributed by atoms with van der Waals surface area (Å²) in [6, 6.07) is 0. The van der Waals surface area contributed by atoms with Crippen LogP contribution in [-0.4, -0.2) is 23.8 Å². The Balaban J connectivity index is 2.32. The normalized spacial score (nSPS) is 12.7. The number of aromatic nitrogens is 3. The van der Waals surface area contributed by atoms with Gasteiger partial charge < -0.3 is 4.52 Å². The van der Waals surface area contributed by atoms with Crippen LogP contribution in [0.3, 0.4) is 0 Å². The molecule has 0 unspecified atom stereocenters. The molecule has 2 rings (SSSR count). The highest BCUT2D eigenvalue weighted by Crippen LogP contribution is 2.29. The smallest absolute Gasteiger partial charge is 0.269 e. The maximum absolute atomic E-state index is 12.3. The van der Waals surface area contributed by atoms with E-state index in [-0.39, 0.29) is 21.2 Å². The van der Waals surface area contributed by atoms with Crippen LogP contribution in [0, 0.1) is 13.8 Å². The maximum Gasteiger partial charge on any atom is 0.269 e. The number of nitrogens with one attached hydrogen (secondary N) is 1. The highest BCUT2D eigenvalue weighted by Gasteiger charge is 2.26. The number of rotatable bonds is 3. The summed E-state index contributed by atoms with van der Waals surface area (Å²) >= 11 is 1.21. The molecular weight excluding hydrogens is 300 g/mol. The van der Waals surface area contributed by atoms with Crippen LogP contribution in [0.1, 0.15) is 37.2 Å². The third-order valence-electron chi connectivity index (χ3n) is 2.52. The van der Waals surface area contributed by atoms with E-state index < -0.39 is 10.0 Å². The Hall–Kier alpha value is -1.48. The molecule has 0 aliphatic rings. The average molecular weight is 316 g/mol. The Morgan fingerprint density at radius 3 is 2.30 bits per heavy atom. The van der Waals surface area contributed by atoms with Crippen molar-refractivity contribution in [3.8, 4) is 0 Å². The molecule has 0 aromatic carbocycles. The summed E-state index contributed by atoms with van der Waals surface area (Å²) in [5.74, 6) is 0.246. The molecule has 0 aliphatic heterocycles. The van der Waals surface area contributed by atoms with Crippen LogP contribution in [0.5, 0.6) is 0 Å². The minimum absolute atomic E-state index is 0.0463. The van der Waals surface area contributed by atoms with Gasteiger partial charge in [0.1, 0.15) is 10.7 Å². The number of nitrogens with zero attached hydrogens (tertiary/aromatic N) is 3. The highest BCUT2D eigenvalue weighted by atomic mass is 32.2. The summed E-state index contributed by atoms with van der Waals surface area (Å²) in [7, 11) is -3.76. The van der Waals surface area contributed by atoms with Gasteiger partial charge in [0.2, 0.25) is 5.13 Å². The van der Waals surface area contributed by atoms with E-state index >= 15 is 0 Å². The van der Waals surface area contributed by atoms with Crippen molar-refractivity contribution in [3.63, 3.8) is 0 Å². The molecule has 0 atom stereocenters. The number of hydrogen-bond donors (Lipinski definition) is 1. The first-order valence-corrected chi connectivity index (χ1v) is 8.21. The Morgan fingerprint density at radius 1 is 1.20 bits per heavy atom. The SMILES string of the molecule is Cc1noc(C)c1S(=O)(=O)Nc1nnc(C(C)(C)C)s1. The summed E-state index contributed by atoms with van der Waals surface area (Å²) in [6.07, 6.45) is 0. The first-order valence-electron chi connectivity index (χ1n) is 5.91.